The zero-order valence-electron chi connectivity index (χ0n) is 13.7. The van der Waals surface area contributed by atoms with Crippen molar-refractivity contribution < 1.29 is 18.0 Å². The van der Waals surface area contributed by atoms with Crippen LogP contribution in [0, 0.1) is 5.92 Å². The molecule has 2 aliphatic rings. The molecule has 0 aromatic carbocycles. The molecule has 1 saturated carbocycles. The second-order valence-corrected chi connectivity index (χ2v) is 7.27. The van der Waals surface area contributed by atoms with Crippen molar-refractivity contribution >= 4 is 6.03 Å². The van der Waals surface area contributed by atoms with Gasteiger partial charge in [0.05, 0.1) is 11.5 Å². The van der Waals surface area contributed by atoms with Gasteiger partial charge in [-0.25, -0.2) is 4.79 Å². The number of alkyl halides is 3. The summed E-state index contributed by atoms with van der Waals surface area (Å²) < 4.78 is 39.2. The van der Waals surface area contributed by atoms with Crippen LogP contribution in [-0.4, -0.2) is 60.3 Å². The molecular formula is C15H26F3N3O. The molecule has 128 valence electrons. The van der Waals surface area contributed by atoms with Crippen molar-refractivity contribution in [3.05, 3.63) is 0 Å². The zero-order chi connectivity index (χ0) is 16.7. The van der Waals surface area contributed by atoms with Crippen molar-refractivity contribution in [1.29, 1.82) is 0 Å². The van der Waals surface area contributed by atoms with E-state index in [1.165, 1.54) is 18.7 Å². The molecule has 0 aromatic rings. The van der Waals surface area contributed by atoms with Crippen molar-refractivity contribution in [2.75, 3.05) is 20.6 Å². The van der Waals surface area contributed by atoms with E-state index in [-0.39, 0.29) is 25.0 Å². The summed E-state index contributed by atoms with van der Waals surface area (Å²) in [5, 5.41) is 2.93. The molecule has 0 aromatic heterocycles. The van der Waals surface area contributed by atoms with E-state index in [0.29, 0.717) is 6.04 Å². The molecule has 2 amide bonds. The van der Waals surface area contributed by atoms with Gasteiger partial charge in [-0.05, 0) is 53.6 Å². The summed E-state index contributed by atoms with van der Waals surface area (Å²) in [6.45, 7) is 3.18. The lowest BCUT2D eigenvalue weighted by Crippen LogP contribution is -2.54. The number of carbonyl (C=O) groups excluding carboxylic acids is 1. The molecule has 0 spiro atoms. The Balaban J connectivity index is 1.97. The molecular weight excluding hydrogens is 295 g/mol. The quantitative estimate of drug-likeness (QED) is 0.849. The second kappa shape index (κ2) is 5.91. The fraction of sp³-hybridized carbons (Fsp3) is 0.933. The van der Waals surface area contributed by atoms with Gasteiger partial charge < -0.3 is 15.1 Å². The minimum absolute atomic E-state index is 0.0189. The number of rotatable bonds is 2. The van der Waals surface area contributed by atoms with Crippen molar-refractivity contribution in [2.24, 2.45) is 5.92 Å². The normalized spacial score (nSPS) is 31.8. The number of halogens is 3. The van der Waals surface area contributed by atoms with E-state index >= 15 is 0 Å². The molecule has 1 saturated heterocycles. The van der Waals surface area contributed by atoms with Crippen LogP contribution in [0.2, 0.25) is 0 Å². The Kier molecular flexibility index (Phi) is 4.66. The number of amides is 2. The van der Waals surface area contributed by atoms with Gasteiger partial charge in [-0.1, -0.05) is 0 Å². The van der Waals surface area contributed by atoms with Crippen LogP contribution in [0.1, 0.15) is 39.5 Å². The molecule has 1 N–H and O–H groups in total. The van der Waals surface area contributed by atoms with E-state index in [4.69, 9.17) is 0 Å². The first kappa shape index (κ1) is 17.4. The van der Waals surface area contributed by atoms with Gasteiger partial charge in [0.1, 0.15) is 0 Å². The van der Waals surface area contributed by atoms with Crippen LogP contribution in [0.5, 0.6) is 0 Å². The summed E-state index contributed by atoms with van der Waals surface area (Å²) in [5.74, 6) is -1.45. The number of nitrogens with one attached hydrogen (secondary N) is 1. The van der Waals surface area contributed by atoms with Crippen LogP contribution in [-0.2, 0) is 0 Å². The lowest BCUT2D eigenvalue weighted by Gasteiger charge is -2.37. The summed E-state index contributed by atoms with van der Waals surface area (Å²) in [6, 6.07) is 0.126. The number of likely N-dealkylation sites (tertiary alicyclic amines) is 1. The Hall–Kier alpha value is -0.980. The molecule has 3 atom stereocenters. The number of hydrogen-bond donors (Lipinski definition) is 1. The first-order valence-corrected chi connectivity index (χ1v) is 7.84. The fourth-order valence-corrected chi connectivity index (χ4v) is 3.83. The molecule has 1 aliphatic carbocycles. The van der Waals surface area contributed by atoms with Gasteiger partial charge in [0, 0.05) is 18.6 Å². The van der Waals surface area contributed by atoms with Crippen molar-refractivity contribution in [3.63, 3.8) is 0 Å². The summed E-state index contributed by atoms with van der Waals surface area (Å²) >= 11 is 0. The first-order valence-electron chi connectivity index (χ1n) is 7.84. The Labute approximate surface area is 130 Å². The monoisotopic (exact) mass is 321 g/mol. The summed E-state index contributed by atoms with van der Waals surface area (Å²) in [5.41, 5.74) is -1.19. The van der Waals surface area contributed by atoms with Gasteiger partial charge in [-0.3, -0.25) is 0 Å². The van der Waals surface area contributed by atoms with Gasteiger partial charge in [-0.2, -0.15) is 13.2 Å². The van der Waals surface area contributed by atoms with Gasteiger partial charge in [-0.15, -0.1) is 0 Å². The van der Waals surface area contributed by atoms with Gasteiger partial charge >= 0.3 is 12.2 Å². The molecule has 0 bridgehead atoms. The van der Waals surface area contributed by atoms with Crippen LogP contribution in [0.4, 0.5) is 18.0 Å². The van der Waals surface area contributed by atoms with Crippen molar-refractivity contribution in [1.82, 2.24) is 15.1 Å². The molecule has 2 rings (SSSR count). The molecule has 7 heteroatoms. The lowest BCUT2D eigenvalue weighted by molar-refractivity contribution is -0.189. The van der Waals surface area contributed by atoms with Gasteiger partial charge in [0.15, 0.2) is 0 Å². The highest BCUT2D eigenvalue weighted by Gasteiger charge is 2.56. The highest BCUT2D eigenvalue weighted by Crippen LogP contribution is 2.44. The largest absolute Gasteiger partial charge is 0.394 e. The molecule has 0 radical (unpaired) electrons. The van der Waals surface area contributed by atoms with Crippen LogP contribution >= 0.6 is 0 Å². The number of carbonyl (C=O) groups is 1. The number of urea groups is 1. The lowest BCUT2D eigenvalue weighted by atomic mass is 9.88. The molecule has 4 nitrogen and oxygen atoms in total. The van der Waals surface area contributed by atoms with E-state index in [1.807, 2.05) is 14.1 Å². The standard InChI is InChI=1S/C15H26F3N3O/c1-14(2)12(15(16,17)18)7-8-21(14)13(22)19-10-5-6-11(9-10)20(3)4/h10-12H,5-9H2,1-4H3,(H,19,22)/t10-,11-,12+/m1/s1. The van der Waals surface area contributed by atoms with Gasteiger partial charge in [0.25, 0.3) is 0 Å². The average molecular weight is 321 g/mol. The maximum atomic E-state index is 13.1. The Morgan fingerprint density at radius 1 is 1.23 bits per heavy atom. The molecule has 22 heavy (non-hydrogen) atoms. The summed E-state index contributed by atoms with van der Waals surface area (Å²) in [7, 11) is 4.01. The van der Waals surface area contributed by atoms with Crippen molar-refractivity contribution in [2.45, 2.75) is 63.3 Å². The van der Waals surface area contributed by atoms with E-state index in [0.717, 1.165) is 19.3 Å². The zero-order valence-corrected chi connectivity index (χ0v) is 13.7. The first-order chi connectivity index (χ1) is 10.0. The smallest absolute Gasteiger partial charge is 0.335 e. The van der Waals surface area contributed by atoms with E-state index in [2.05, 4.69) is 10.2 Å². The topological polar surface area (TPSA) is 35.6 Å². The van der Waals surface area contributed by atoms with E-state index in [9.17, 15) is 18.0 Å². The molecule has 1 aliphatic heterocycles. The Bertz CT molecular complexity index is 423. The van der Waals surface area contributed by atoms with Crippen molar-refractivity contribution in [3.8, 4) is 0 Å². The highest BCUT2D eigenvalue weighted by atomic mass is 19.4. The maximum absolute atomic E-state index is 13.1. The third-order valence-electron chi connectivity index (χ3n) is 5.29. The predicted molar refractivity (Wildman–Crippen MR) is 78.6 cm³/mol. The molecule has 0 unspecified atom stereocenters. The fourth-order valence-electron chi connectivity index (χ4n) is 3.83. The predicted octanol–water partition coefficient (Wildman–Crippen LogP) is 2.84. The van der Waals surface area contributed by atoms with Gasteiger partial charge in [0.2, 0.25) is 0 Å². The molecule has 1 heterocycles. The van der Waals surface area contributed by atoms with Crippen LogP contribution in [0.3, 0.4) is 0 Å². The Morgan fingerprint density at radius 3 is 2.32 bits per heavy atom. The summed E-state index contributed by atoms with van der Waals surface area (Å²) in [6.07, 6.45) is -1.54. The van der Waals surface area contributed by atoms with Crippen LogP contribution in [0.25, 0.3) is 0 Å². The maximum Gasteiger partial charge on any atom is 0.394 e. The average Bonchev–Trinajstić information content (AvgIpc) is 2.91. The van der Waals surface area contributed by atoms with Crippen LogP contribution < -0.4 is 5.32 Å². The molecule has 2 fully saturated rings. The SMILES string of the molecule is CN(C)[C@@H]1CC[C@@H](NC(=O)N2CC[C@H](C(F)(F)F)C2(C)C)C1. The number of hydrogen-bond acceptors (Lipinski definition) is 2. The minimum atomic E-state index is -4.26. The van der Waals surface area contributed by atoms with E-state index < -0.39 is 17.6 Å². The third kappa shape index (κ3) is 3.34. The minimum Gasteiger partial charge on any atom is -0.335 e. The third-order valence-corrected chi connectivity index (χ3v) is 5.29. The van der Waals surface area contributed by atoms with E-state index in [1.54, 1.807) is 0 Å². The number of nitrogens with zero attached hydrogens (tertiary/aromatic N) is 2. The second-order valence-electron chi connectivity index (χ2n) is 7.27. The highest BCUT2D eigenvalue weighted by molar-refractivity contribution is 5.76. The Morgan fingerprint density at radius 2 is 1.86 bits per heavy atom. The van der Waals surface area contributed by atoms with Crippen LogP contribution in [0.15, 0.2) is 0 Å². The summed E-state index contributed by atoms with van der Waals surface area (Å²) in [4.78, 5) is 15.9.